The second-order valence-electron chi connectivity index (χ2n) is 3.05. The Hall–Kier alpha value is -1.59. The van der Waals surface area contributed by atoms with E-state index < -0.39 is 17.2 Å². The number of nitriles is 1. The van der Waals surface area contributed by atoms with Gasteiger partial charge in [0.1, 0.15) is 30.0 Å². The highest BCUT2D eigenvalue weighted by Gasteiger charge is 2.16. The molecule has 0 amide bonds. The van der Waals surface area contributed by atoms with Crippen LogP contribution in [0.4, 0.5) is 8.78 Å². The molecular formula is C9H7F2N3O2. The van der Waals surface area contributed by atoms with Gasteiger partial charge in [-0.15, -0.1) is 0 Å². The molecule has 5 nitrogen and oxygen atoms in total. The summed E-state index contributed by atoms with van der Waals surface area (Å²) in [6, 6.07) is 3.57. The first-order chi connectivity index (χ1) is 7.70. The summed E-state index contributed by atoms with van der Waals surface area (Å²) < 4.78 is 26.4. The molecule has 1 heterocycles. The van der Waals surface area contributed by atoms with Gasteiger partial charge in [-0.05, 0) is 22.9 Å². The van der Waals surface area contributed by atoms with Crippen LogP contribution in [0.2, 0.25) is 0 Å². The molecule has 84 valence electrons. The Morgan fingerprint density at radius 2 is 2.12 bits per heavy atom. The van der Waals surface area contributed by atoms with E-state index in [1.807, 2.05) is 0 Å². The molecule has 1 N–H and O–H groups in total. The second-order valence-corrected chi connectivity index (χ2v) is 3.05. The summed E-state index contributed by atoms with van der Waals surface area (Å²) in [5.41, 5.74) is 2.12. The lowest BCUT2D eigenvalue weighted by molar-refractivity contribution is -0.319. The smallest absolute Gasteiger partial charge is 0.145 e. The summed E-state index contributed by atoms with van der Waals surface area (Å²) in [4.78, 5) is 9.63. The normalized spacial score (nSPS) is 16.3. The minimum absolute atomic E-state index is 0.0482. The molecule has 1 saturated heterocycles. The molecule has 2 rings (SSSR count). The molecule has 16 heavy (non-hydrogen) atoms. The van der Waals surface area contributed by atoms with E-state index in [4.69, 9.17) is 15.0 Å². The number of benzene rings is 1. The fourth-order valence-electron chi connectivity index (χ4n) is 1.27. The fourth-order valence-corrected chi connectivity index (χ4v) is 1.27. The van der Waals surface area contributed by atoms with Crippen LogP contribution >= 0.6 is 0 Å². The molecule has 0 radical (unpaired) electrons. The van der Waals surface area contributed by atoms with Gasteiger partial charge in [0.05, 0.1) is 6.54 Å². The third-order valence-electron chi connectivity index (χ3n) is 1.96. The maximum atomic E-state index is 13.2. The van der Waals surface area contributed by atoms with Gasteiger partial charge in [0.15, 0.2) is 0 Å². The van der Waals surface area contributed by atoms with Gasteiger partial charge in [-0.3, -0.25) is 4.84 Å². The van der Waals surface area contributed by atoms with Gasteiger partial charge in [0.25, 0.3) is 0 Å². The maximum absolute atomic E-state index is 13.2. The van der Waals surface area contributed by atoms with Gasteiger partial charge < -0.3 is 0 Å². The van der Waals surface area contributed by atoms with Crippen molar-refractivity contribution in [3.05, 3.63) is 34.9 Å². The molecule has 0 bridgehead atoms. The number of nitrogens with zero attached hydrogens (tertiary/aromatic N) is 2. The van der Waals surface area contributed by atoms with Crippen LogP contribution in [0.5, 0.6) is 0 Å². The SMILES string of the molecule is N#Cc1c(F)cc(CN2OCNO2)cc1F. The van der Waals surface area contributed by atoms with E-state index in [0.717, 1.165) is 17.4 Å². The topological polar surface area (TPSA) is 57.5 Å². The molecule has 0 spiro atoms. The third-order valence-corrected chi connectivity index (χ3v) is 1.96. The average molecular weight is 227 g/mol. The monoisotopic (exact) mass is 227 g/mol. The zero-order valence-electron chi connectivity index (χ0n) is 8.04. The van der Waals surface area contributed by atoms with Crippen LogP contribution in [0.3, 0.4) is 0 Å². The number of hydroxylamine groups is 3. The third kappa shape index (κ3) is 2.15. The Balaban J connectivity index is 2.19. The molecule has 0 saturated carbocycles. The van der Waals surface area contributed by atoms with Crippen molar-refractivity contribution in [2.24, 2.45) is 0 Å². The summed E-state index contributed by atoms with van der Waals surface area (Å²) in [7, 11) is 0. The minimum atomic E-state index is -0.898. The molecule has 1 aromatic rings. The van der Waals surface area contributed by atoms with Crippen molar-refractivity contribution in [1.29, 1.82) is 5.26 Å². The van der Waals surface area contributed by atoms with E-state index in [1.165, 1.54) is 6.07 Å². The molecule has 1 aliphatic heterocycles. The first-order valence-corrected chi connectivity index (χ1v) is 4.39. The Labute approximate surface area is 89.6 Å². The highest BCUT2D eigenvalue weighted by atomic mass is 19.1. The Morgan fingerprint density at radius 3 is 2.62 bits per heavy atom. The molecule has 1 fully saturated rings. The van der Waals surface area contributed by atoms with Crippen molar-refractivity contribution in [2.45, 2.75) is 6.54 Å². The van der Waals surface area contributed by atoms with E-state index in [1.54, 1.807) is 0 Å². The lowest BCUT2D eigenvalue weighted by atomic mass is 10.1. The maximum Gasteiger partial charge on any atom is 0.145 e. The lowest BCUT2D eigenvalue weighted by Crippen LogP contribution is -2.17. The van der Waals surface area contributed by atoms with Gasteiger partial charge in [0.2, 0.25) is 0 Å². The second kappa shape index (κ2) is 4.51. The quantitative estimate of drug-likeness (QED) is 0.816. The zero-order chi connectivity index (χ0) is 11.5. The molecule has 1 aromatic carbocycles. The Morgan fingerprint density at radius 1 is 1.44 bits per heavy atom. The highest BCUT2D eigenvalue weighted by molar-refractivity contribution is 5.35. The van der Waals surface area contributed by atoms with Crippen LogP contribution < -0.4 is 5.48 Å². The summed E-state index contributed by atoms with van der Waals surface area (Å²) in [6.45, 7) is 0.216. The lowest BCUT2D eigenvalue weighted by Gasteiger charge is -2.10. The van der Waals surface area contributed by atoms with Crippen LogP contribution in [0.15, 0.2) is 12.1 Å². The van der Waals surface area contributed by atoms with Gasteiger partial charge in [-0.25, -0.2) is 8.78 Å². The predicted molar refractivity (Wildman–Crippen MR) is 46.8 cm³/mol. The highest BCUT2D eigenvalue weighted by Crippen LogP contribution is 2.16. The minimum Gasteiger partial charge on any atom is -0.255 e. The standard InChI is InChI=1S/C9H7F2N3O2/c10-8-1-6(2-9(11)7(8)3-12)4-14-15-5-13-16-14/h1-2,13H,4-5H2. The molecule has 1 aliphatic rings. The van der Waals surface area contributed by atoms with Crippen molar-refractivity contribution in [2.75, 3.05) is 6.73 Å². The summed E-state index contributed by atoms with van der Waals surface area (Å²) in [5.74, 6) is -1.80. The van der Waals surface area contributed by atoms with Crippen molar-refractivity contribution in [3.63, 3.8) is 0 Å². The molecule has 0 aliphatic carbocycles. The van der Waals surface area contributed by atoms with Crippen LogP contribution in [0, 0.1) is 23.0 Å². The van der Waals surface area contributed by atoms with Crippen LogP contribution in [0.1, 0.15) is 11.1 Å². The Kier molecular flexibility index (Phi) is 3.07. The summed E-state index contributed by atoms with van der Waals surface area (Å²) >= 11 is 0. The molecular weight excluding hydrogens is 220 g/mol. The Bertz CT molecular complexity index is 418. The molecule has 0 atom stereocenters. The van der Waals surface area contributed by atoms with Crippen LogP contribution in [0.25, 0.3) is 0 Å². The van der Waals surface area contributed by atoms with Gasteiger partial charge >= 0.3 is 0 Å². The number of nitrogens with one attached hydrogen (secondary N) is 1. The number of hydrogen-bond acceptors (Lipinski definition) is 5. The molecule has 0 aromatic heterocycles. The van der Waals surface area contributed by atoms with Crippen molar-refractivity contribution >= 4 is 0 Å². The average Bonchev–Trinajstić information content (AvgIpc) is 2.70. The number of hydrogen-bond donors (Lipinski definition) is 1. The molecule has 0 unspecified atom stereocenters. The number of rotatable bonds is 2. The van der Waals surface area contributed by atoms with Crippen molar-refractivity contribution in [3.8, 4) is 6.07 Å². The molecule has 7 heteroatoms. The largest absolute Gasteiger partial charge is 0.255 e. The predicted octanol–water partition coefficient (Wildman–Crippen LogP) is 0.977. The zero-order valence-corrected chi connectivity index (χ0v) is 8.04. The van der Waals surface area contributed by atoms with Crippen molar-refractivity contribution in [1.82, 2.24) is 10.7 Å². The van der Waals surface area contributed by atoms with E-state index in [2.05, 4.69) is 5.48 Å². The van der Waals surface area contributed by atoms with E-state index in [9.17, 15) is 8.78 Å². The van der Waals surface area contributed by atoms with Gasteiger partial charge in [0, 0.05) is 0 Å². The van der Waals surface area contributed by atoms with Crippen LogP contribution in [-0.4, -0.2) is 12.0 Å². The number of halogens is 2. The van der Waals surface area contributed by atoms with Crippen molar-refractivity contribution < 1.29 is 18.6 Å². The fraction of sp³-hybridized carbons (Fsp3) is 0.222. The van der Waals surface area contributed by atoms with Crippen LogP contribution in [-0.2, 0) is 16.3 Å². The first-order valence-electron chi connectivity index (χ1n) is 4.39. The van der Waals surface area contributed by atoms with Gasteiger partial charge in [-0.1, -0.05) is 0 Å². The summed E-state index contributed by atoms with van der Waals surface area (Å²) in [6.07, 6.45) is 0. The van der Waals surface area contributed by atoms with E-state index in [-0.39, 0.29) is 13.3 Å². The first kappa shape index (κ1) is 10.9. The van der Waals surface area contributed by atoms with E-state index in [0.29, 0.717) is 5.56 Å². The summed E-state index contributed by atoms with van der Waals surface area (Å²) in [5, 5.41) is 9.52. The van der Waals surface area contributed by atoms with Gasteiger partial charge in [-0.2, -0.15) is 15.7 Å². The van der Waals surface area contributed by atoms with E-state index >= 15 is 0 Å².